The molecule has 3 rings (SSSR count). The fourth-order valence-electron chi connectivity index (χ4n) is 2.59. The van der Waals surface area contributed by atoms with E-state index in [2.05, 4.69) is 23.5 Å². The summed E-state index contributed by atoms with van der Waals surface area (Å²) in [6.07, 6.45) is 1.17. The van der Waals surface area contributed by atoms with Gasteiger partial charge >= 0.3 is 0 Å². The lowest BCUT2D eigenvalue weighted by atomic mass is 9.88. The molecule has 0 bridgehead atoms. The fraction of sp³-hybridized carbons (Fsp3) is 0.500. The molecule has 2 aliphatic rings. The molecule has 0 saturated carbocycles. The normalized spacial score (nSPS) is 23.6. The lowest BCUT2D eigenvalue weighted by Crippen LogP contribution is -2.26. The Labute approximate surface area is 96.4 Å². The third kappa shape index (κ3) is 1.89. The second kappa shape index (κ2) is 4.52. The summed E-state index contributed by atoms with van der Waals surface area (Å²) >= 11 is 0. The fourth-order valence-corrected chi connectivity index (χ4v) is 2.59. The van der Waals surface area contributed by atoms with Gasteiger partial charge in [0.1, 0.15) is 0 Å². The summed E-state index contributed by atoms with van der Waals surface area (Å²) in [5.74, 6) is 0.581. The van der Waals surface area contributed by atoms with Gasteiger partial charge in [-0.05, 0) is 29.7 Å². The smallest absolute Gasteiger partial charge is 0.0720 e. The number of hydrogen-bond donors (Lipinski definition) is 1. The van der Waals surface area contributed by atoms with Gasteiger partial charge in [-0.3, -0.25) is 0 Å². The highest BCUT2D eigenvalue weighted by molar-refractivity contribution is 5.85. The number of rotatable bonds is 0. The van der Waals surface area contributed by atoms with E-state index in [1.165, 1.54) is 17.5 Å². The van der Waals surface area contributed by atoms with Crippen molar-refractivity contribution >= 4 is 12.4 Å². The van der Waals surface area contributed by atoms with Crippen molar-refractivity contribution in [3.8, 4) is 0 Å². The van der Waals surface area contributed by atoms with E-state index in [4.69, 9.17) is 4.74 Å². The molecule has 2 nitrogen and oxygen atoms in total. The molecule has 3 heteroatoms. The van der Waals surface area contributed by atoms with Crippen molar-refractivity contribution in [2.24, 2.45) is 0 Å². The van der Waals surface area contributed by atoms with Crippen molar-refractivity contribution in [3.63, 3.8) is 0 Å². The maximum atomic E-state index is 5.60. The van der Waals surface area contributed by atoms with Gasteiger partial charge in [-0.25, -0.2) is 0 Å². The van der Waals surface area contributed by atoms with Gasteiger partial charge in [0.15, 0.2) is 0 Å². The van der Waals surface area contributed by atoms with Crippen molar-refractivity contribution in [1.29, 1.82) is 0 Å². The van der Waals surface area contributed by atoms with E-state index in [-0.39, 0.29) is 12.4 Å². The molecule has 0 fully saturated rings. The Balaban J connectivity index is 0.000000853. The van der Waals surface area contributed by atoms with Crippen molar-refractivity contribution < 1.29 is 4.74 Å². The summed E-state index contributed by atoms with van der Waals surface area (Å²) in [6, 6.07) is 6.63. The lowest BCUT2D eigenvalue weighted by Gasteiger charge is -2.26. The first kappa shape index (κ1) is 10.9. The quantitative estimate of drug-likeness (QED) is 0.728. The molecule has 1 unspecified atom stereocenters. The highest BCUT2D eigenvalue weighted by Crippen LogP contribution is 2.30. The summed E-state index contributed by atoms with van der Waals surface area (Å²) in [5, 5.41) is 3.48. The van der Waals surface area contributed by atoms with E-state index in [0.717, 1.165) is 26.3 Å². The van der Waals surface area contributed by atoms with Crippen LogP contribution < -0.4 is 5.32 Å². The van der Waals surface area contributed by atoms with Gasteiger partial charge < -0.3 is 10.1 Å². The molecule has 15 heavy (non-hydrogen) atoms. The second-order valence-corrected chi connectivity index (χ2v) is 4.16. The number of nitrogens with one attached hydrogen (secondary N) is 1. The topological polar surface area (TPSA) is 21.3 Å². The van der Waals surface area contributed by atoms with Crippen LogP contribution in [0.2, 0.25) is 0 Å². The van der Waals surface area contributed by atoms with Crippen LogP contribution in [-0.4, -0.2) is 19.7 Å². The number of ether oxygens (including phenoxy) is 1. The van der Waals surface area contributed by atoms with Gasteiger partial charge in [-0.15, -0.1) is 12.4 Å². The van der Waals surface area contributed by atoms with Gasteiger partial charge in [0.25, 0.3) is 0 Å². The van der Waals surface area contributed by atoms with Gasteiger partial charge in [0, 0.05) is 12.5 Å². The Hall–Kier alpha value is -0.570. The molecule has 1 atom stereocenters. The molecule has 2 aliphatic heterocycles. The van der Waals surface area contributed by atoms with E-state index in [1.54, 1.807) is 5.56 Å². The number of halogens is 1. The Morgan fingerprint density at radius 1 is 1.27 bits per heavy atom. The molecule has 2 heterocycles. The van der Waals surface area contributed by atoms with Crippen molar-refractivity contribution in [2.45, 2.75) is 18.9 Å². The van der Waals surface area contributed by atoms with E-state index >= 15 is 0 Å². The predicted octanol–water partition coefficient (Wildman–Crippen LogP) is 1.87. The zero-order valence-electron chi connectivity index (χ0n) is 8.66. The predicted molar refractivity (Wildman–Crippen MR) is 62.7 cm³/mol. The maximum Gasteiger partial charge on any atom is 0.0720 e. The van der Waals surface area contributed by atoms with Gasteiger partial charge in [-0.1, -0.05) is 18.2 Å². The van der Waals surface area contributed by atoms with Crippen molar-refractivity contribution in [2.75, 3.05) is 19.7 Å². The summed E-state index contributed by atoms with van der Waals surface area (Å²) in [5.41, 5.74) is 4.51. The molecule has 1 aromatic carbocycles. The average Bonchev–Trinajstić information content (AvgIpc) is 2.44. The molecule has 0 radical (unpaired) electrons. The molecule has 0 amide bonds. The zero-order valence-corrected chi connectivity index (χ0v) is 9.48. The Morgan fingerprint density at radius 3 is 3.07 bits per heavy atom. The van der Waals surface area contributed by atoms with Gasteiger partial charge in [0.05, 0.1) is 13.2 Å². The SMILES string of the molecule is Cl.c1cc2c3c(c1)COCC3CNCC2. The Morgan fingerprint density at radius 2 is 2.13 bits per heavy atom. The third-order valence-electron chi connectivity index (χ3n) is 3.23. The van der Waals surface area contributed by atoms with Gasteiger partial charge in [-0.2, -0.15) is 0 Å². The minimum atomic E-state index is 0. The lowest BCUT2D eigenvalue weighted by molar-refractivity contribution is 0.0913. The molecule has 82 valence electrons. The standard InChI is InChI=1S/C12H15NO.ClH/c1-2-9-4-5-13-6-11-8-14-7-10(3-1)12(9)11;/h1-3,11,13H,4-8H2;1H. The average molecular weight is 226 g/mol. The molecule has 0 aliphatic carbocycles. The highest BCUT2D eigenvalue weighted by atomic mass is 35.5. The number of hydrogen-bond acceptors (Lipinski definition) is 2. The van der Waals surface area contributed by atoms with Crippen LogP contribution in [0.4, 0.5) is 0 Å². The first-order valence-electron chi connectivity index (χ1n) is 5.34. The Bertz CT molecular complexity index is 353. The largest absolute Gasteiger partial charge is 0.376 e. The van der Waals surface area contributed by atoms with E-state index in [1.807, 2.05) is 0 Å². The van der Waals surface area contributed by atoms with Gasteiger partial charge in [0.2, 0.25) is 0 Å². The molecule has 0 spiro atoms. The van der Waals surface area contributed by atoms with Crippen LogP contribution in [0.25, 0.3) is 0 Å². The molecule has 1 aromatic rings. The molecule has 0 saturated heterocycles. The van der Waals surface area contributed by atoms with Crippen LogP contribution in [0.1, 0.15) is 22.6 Å². The van der Waals surface area contributed by atoms with Crippen molar-refractivity contribution in [1.82, 2.24) is 5.32 Å². The Kier molecular flexibility index (Phi) is 3.29. The summed E-state index contributed by atoms with van der Waals surface area (Å²) < 4.78 is 5.60. The minimum Gasteiger partial charge on any atom is -0.376 e. The van der Waals surface area contributed by atoms with Crippen LogP contribution in [0.15, 0.2) is 18.2 Å². The first-order chi connectivity index (χ1) is 6.95. The first-order valence-corrected chi connectivity index (χ1v) is 5.34. The summed E-state index contributed by atoms with van der Waals surface area (Å²) in [7, 11) is 0. The second-order valence-electron chi connectivity index (χ2n) is 4.16. The van der Waals surface area contributed by atoms with E-state index in [0.29, 0.717) is 5.92 Å². The van der Waals surface area contributed by atoms with Crippen LogP contribution in [0, 0.1) is 0 Å². The maximum absolute atomic E-state index is 5.60. The molecule has 1 N–H and O–H groups in total. The molecular weight excluding hydrogens is 210 g/mol. The van der Waals surface area contributed by atoms with Crippen LogP contribution in [0.5, 0.6) is 0 Å². The monoisotopic (exact) mass is 225 g/mol. The molecule has 0 aromatic heterocycles. The van der Waals surface area contributed by atoms with Crippen LogP contribution in [0.3, 0.4) is 0 Å². The summed E-state index contributed by atoms with van der Waals surface area (Å²) in [4.78, 5) is 0. The van der Waals surface area contributed by atoms with Crippen molar-refractivity contribution in [3.05, 3.63) is 34.9 Å². The highest BCUT2D eigenvalue weighted by Gasteiger charge is 2.24. The van der Waals surface area contributed by atoms with Crippen LogP contribution >= 0.6 is 12.4 Å². The van der Waals surface area contributed by atoms with Crippen LogP contribution in [-0.2, 0) is 17.8 Å². The minimum absolute atomic E-state index is 0. The third-order valence-corrected chi connectivity index (χ3v) is 3.23. The zero-order chi connectivity index (χ0) is 9.38. The molecular formula is C12H16ClNO. The van der Waals surface area contributed by atoms with E-state index < -0.39 is 0 Å². The number of benzene rings is 1. The van der Waals surface area contributed by atoms with E-state index in [9.17, 15) is 0 Å². The summed E-state index contributed by atoms with van der Waals surface area (Å²) in [6.45, 7) is 3.87.